The molecular formula is C18H21N3O3. The molecule has 0 amide bonds. The van der Waals surface area contributed by atoms with Gasteiger partial charge in [-0.25, -0.2) is 0 Å². The molecule has 0 spiro atoms. The van der Waals surface area contributed by atoms with E-state index in [2.05, 4.69) is 22.9 Å². The maximum atomic E-state index is 9.30. The third kappa shape index (κ3) is 3.62. The van der Waals surface area contributed by atoms with Gasteiger partial charge in [-0.1, -0.05) is 6.92 Å². The minimum Gasteiger partial charge on any atom is -0.497 e. The molecular weight excluding hydrogens is 306 g/mol. The molecule has 0 unspecified atom stereocenters. The number of oxazole rings is 1. The molecule has 1 aliphatic heterocycles. The quantitative estimate of drug-likeness (QED) is 0.838. The number of piperidine rings is 1. The largest absolute Gasteiger partial charge is 0.497 e. The van der Waals surface area contributed by atoms with Gasteiger partial charge in [-0.05, 0) is 43.0 Å². The monoisotopic (exact) mass is 327 g/mol. The maximum absolute atomic E-state index is 9.30. The van der Waals surface area contributed by atoms with E-state index in [9.17, 15) is 5.26 Å². The number of aromatic nitrogens is 1. The SMILES string of the molecule is COc1ccc(OCc2nc(C#N)c(N3CCC(C)CC3)o2)cc1. The fourth-order valence-corrected chi connectivity index (χ4v) is 2.73. The van der Waals surface area contributed by atoms with E-state index in [0.29, 0.717) is 29.1 Å². The van der Waals surface area contributed by atoms with E-state index in [0.717, 1.165) is 31.7 Å². The van der Waals surface area contributed by atoms with Crippen molar-refractivity contribution in [1.82, 2.24) is 4.98 Å². The molecule has 1 saturated heterocycles. The number of benzene rings is 1. The summed E-state index contributed by atoms with van der Waals surface area (Å²) in [4.78, 5) is 6.35. The van der Waals surface area contributed by atoms with Gasteiger partial charge in [0, 0.05) is 13.1 Å². The highest BCUT2D eigenvalue weighted by atomic mass is 16.5. The van der Waals surface area contributed by atoms with E-state index in [1.807, 2.05) is 24.3 Å². The molecule has 0 bridgehead atoms. The highest BCUT2D eigenvalue weighted by molar-refractivity contribution is 5.48. The summed E-state index contributed by atoms with van der Waals surface area (Å²) >= 11 is 0. The molecule has 0 aliphatic carbocycles. The first-order chi connectivity index (χ1) is 11.7. The lowest BCUT2D eigenvalue weighted by Gasteiger charge is -2.29. The first kappa shape index (κ1) is 16.2. The molecule has 1 aromatic heterocycles. The number of rotatable bonds is 5. The number of methoxy groups -OCH3 is 1. The Morgan fingerprint density at radius 2 is 1.92 bits per heavy atom. The van der Waals surface area contributed by atoms with Crippen LogP contribution in [-0.2, 0) is 6.61 Å². The van der Waals surface area contributed by atoms with Gasteiger partial charge in [-0.3, -0.25) is 0 Å². The molecule has 0 radical (unpaired) electrons. The predicted octanol–water partition coefficient (Wildman–Crippen LogP) is 3.37. The Morgan fingerprint density at radius 3 is 2.54 bits per heavy atom. The Morgan fingerprint density at radius 1 is 1.25 bits per heavy atom. The summed E-state index contributed by atoms with van der Waals surface area (Å²) in [7, 11) is 1.62. The molecule has 0 N–H and O–H groups in total. The van der Waals surface area contributed by atoms with Crippen LogP contribution in [0.4, 0.5) is 5.88 Å². The zero-order valence-corrected chi connectivity index (χ0v) is 14.0. The number of nitrogens with zero attached hydrogens (tertiary/aromatic N) is 3. The third-order valence-corrected chi connectivity index (χ3v) is 4.25. The summed E-state index contributed by atoms with van der Waals surface area (Å²) in [5, 5.41) is 9.30. The fraction of sp³-hybridized carbons (Fsp3) is 0.444. The molecule has 1 aromatic carbocycles. The number of hydrogen-bond acceptors (Lipinski definition) is 6. The summed E-state index contributed by atoms with van der Waals surface area (Å²) in [5.41, 5.74) is 0.331. The van der Waals surface area contributed by atoms with Crippen molar-refractivity contribution in [1.29, 1.82) is 5.26 Å². The number of ether oxygens (including phenoxy) is 2. The molecule has 2 heterocycles. The zero-order valence-electron chi connectivity index (χ0n) is 14.0. The second-order valence-electron chi connectivity index (χ2n) is 6.01. The topological polar surface area (TPSA) is 71.5 Å². The van der Waals surface area contributed by atoms with Gasteiger partial charge in [0.2, 0.25) is 17.5 Å². The fourth-order valence-electron chi connectivity index (χ4n) is 2.73. The highest BCUT2D eigenvalue weighted by Crippen LogP contribution is 2.27. The Hall–Kier alpha value is -2.68. The van der Waals surface area contributed by atoms with Crippen LogP contribution in [0.3, 0.4) is 0 Å². The molecule has 0 saturated carbocycles. The minimum atomic E-state index is 0.186. The summed E-state index contributed by atoms with van der Waals surface area (Å²) in [6, 6.07) is 9.41. The number of anilines is 1. The first-order valence-electron chi connectivity index (χ1n) is 8.11. The third-order valence-electron chi connectivity index (χ3n) is 4.25. The maximum Gasteiger partial charge on any atom is 0.236 e. The van der Waals surface area contributed by atoms with E-state index in [4.69, 9.17) is 13.9 Å². The molecule has 3 rings (SSSR count). The van der Waals surface area contributed by atoms with Crippen LogP contribution in [0, 0.1) is 17.2 Å². The number of nitriles is 1. The summed E-state index contributed by atoms with van der Waals surface area (Å²) < 4.78 is 16.6. The van der Waals surface area contributed by atoms with Gasteiger partial charge < -0.3 is 18.8 Å². The van der Waals surface area contributed by atoms with Gasteiger partial charge in [0.25, 0.3) is 0 Å². The Labute approximate surface area is 141 Å². The van der Waals surface area contributed by atoms with Gasteiger partial charge in [0.15, 0.2) is 6.61 Å². The predicted molar refractivity (Wildman–Crippen MR) is 89.2 cm³/mol. The molecule has 2 aromatic rings. The molecule has 0 atom stereocenters. The first-order valence-corrected chi connectivity index (χ1v) is 8.11. The lowest BCUT2D eigenvalue weighted by atomic mass is 9.99. The Bertz CT molecular complexity index is 710. The molecule has 24 heavy (non-hydrogen) atoms. The van der Waals surface area contributed by atoms with Crippen molar-refractivity contribution >= 4 is 5.88 Å². The number of hydrogen-bond donors (Lipinski definition) is 0. The van der Waals surface area contributed by atoms with Crippen molar-refractivity contribution in [2.24, 2.45) is 5.92 Å². The standard InChI is InChI=1S/C18H21N3O3/c1-13-7-9-21(10-8-13)18-16(11-19)20-17(24-18)12-23-15-5-3-14(22-2)4-6-15/h3-6,13H,7-10,12H2,1-2H3. The van der Waals surface area contributed by atoms with Crippen molar-refractivity contribution in [3.05, 3.63) is 35.9 Å². The van der Waals surface area contributed by atoms with Gasteiger partial charge in [-0.2, -0.15) is 10.2 Å². The van der Waals surface area contributed by atoms with Gasteiger partial charge >= 0.3 is 0 Å². The van der Waals surface area contributed by atoms with Crippen molar-refractivity contribution in [2.75, 3.05) is 25.1 Å². The van der Waals surface area contributed by atoms with Crippen LogP contribution < -0.4 is 14.4 Å². The second-order valence-corrected chi connectivity index (χ2v) is 6.01. The summed E-state index contributed by atoms with van der Waals surface area (Å²) in [5.74, 6) is 3.16. The van der Waals surface area contributed by atoms with E-state index in [1.54, 1.807) is 7.11 Å². The van der Waals surface area contributed by atoms with Crippen molar-refractivity contribution in [2.45, 2.75) is 26.4 Å². The normalized spacial score (nSPS) is 15.1. The van der Waals surface area contributed by atoms with Gasteiger partial charge in [-0.15, -0.1) is 0 Å². The smallest absolute Gasteiger partial charge is 0.236 e. The zero-order chi connectivity index (χ0) is 16.9. The van der Waals surface area contributed by atoms with Crippen LogP contribution in [0.25, 0.3) is 0 Å². The second kappa shape index (κ2) is 7.26. The lowest BCUT2D eigenvalue weighted by molar-refractivity contribution is 0.262. The molecule has 126 valence electrons. The van der Waals surface area contributed by atoms with E-state index < -0.39 is 0 Å². The van der Waals surface area contributed by atoms with Crippen molar-refractivity contribution < 1.29 is 13.9 Å². The molecule has 1 fully saturated rings. The average Bonchev–Trinajstić information content (AvgIpc) is 3.04. The van der Waals surface area contributed by atoms with Gasteiger partial charge in [0.1, 0.15) is 17.6 Å². The minimum absolute atomic E-state index is 0.186. The van der Waals surface area contributed by atoms with Crippen molar-refractivity contribution in [3.8, 4) is 17.6 Å². The lowest BCUT2D eigenvalue weighted by Crippen LogP contribution is -2.32. The van der Waals surface area contributed by atoms with E-state index in [-0.39, 0.29) is 6.61 Å². The Kier molecular flexibility index (Phi) is 4.90. The molecule has 6 heteroatoms. The van der Waals surface area contributed by atoms with E-state index in [1.165, 1.54) is 0 Å². The Balaban J connectivity index is 1.67. The van der Waals surface area contributed by atoms with Crippen LogP contribution in [0.5, 0.6) is 11.5 Å². The van der Waals surface area contributed by atoms with Crippen molar-refractivity contribution in [3.63, 3.8) is 0 Å². The average molecular weight is 327 g/mol. The van der Waals surface area contributed by atoms with Crippen LogP contribution >= 0.6 is 0 Å². The van der Waals surface area contributed by atoms with Gasteiger partial charge in [0.05, 0.1) is 7.11 Å². The molecule has 1 aliphatic rings. The van der Waals surface area contributed by atoms with Crippen LogP contribution in [0.2, 0.25) is 0 Å². The van der Waals surface area contributed by atoms with Crippen LogP contribution in [0.1, 0.15) is 31.4 Å². The molecule has 6 nitrogen and oxygen atoms in total. The summed E-state index contributed by atoms with van der Waals surface area (Å²) in [6.07, 6.45) is 2.20. The highest BCUT2D eigenvalue weighted by Gasteiger charge is 2.23. The van der Waals surface area contributed by atoms with Crippen LogP contribution in [-0.4, -0.2) is 25.2 Å². The van der Waals surface area contributed by atoms with Crippen LogP contribution in [0.15, 0.2) is 28.7 Å². The van der Waals surface area contributed by atoms with E-state index >= 15 is 0 Å². The summed E-state index contributed by atoms with van der Waals surface area (Å²) in [6.45, 7) is 4.22.